The molecule has 1 heterocycles. The van der Waals surface area contributed by atoms with Crippen LogP contribution < -0.4 is 4.90 Å². The maximum atomic E-state index is 13.4. The van der Waals surface area contributed by atoms with Crippen molar-refractivity contribution in [3.63, 3.8) is 0 Å². The summed E-state index contributed by atoms with van der Waals surface area (Å²) in [6, 6.07) is 17.1. The van der Waals surface area contributed by atoms with Gasteiger partial charge in [0.25, 0.3) is 11.7 Å². The minimum absolute atomic E-state index is 0.0615. The number of hydrogen-bond donors (Lipinski definition) is 2. The van der Waals surface area contributed by atoms with Crippen molar-refractivity contribution in [3.8, 4) is 5.75 Å². The van der Waals surface area contributed by atoms with E-state index in [9.17, 15) is 19.8 Å². The van der Waals surface area contributed by atoms with Gasteiger partial charge < -0.3 is 10.2 Å². The topological polar surface area (TPSA) is 77.8 Å². The number of benzene rings is 3. The largest absolute Gasteiger partial charge is 0.508 e. The van der Waals surface area contributed by atoms with E-state index in [0.717, 1.165) is 36.8 Å². The van der Waals surface area contributed by atoms with Gasteiger partial charge in [0.15, 0.2) is 0 Å². The van der Waals surface area contributed by atoms with Gasteiger partial charge in [0.05, 0.1) is 11.6 Å². The highest BCUT2D eigenvalue weighted by Gasteiger charge is 2.47. The van der Waals surface area contributed by atoms with Crippen LogP contribution in [-0.4, -0.2) is 21.9 Å². The Bertz CT molecular complexity index is 1340. The van der Waals surface area contributed by atoms with Crippen molar-refractivity contribution in [2.24, 2.45) is 0 Å². The molecule has 0 spiro atoms. The lowest BCUT2D eigenvalue weighted by molar-refractivity contribution is -0.132. The number of aryl methyl sites for hydroxylation is 4. The third kappa shape index (κ3) is 3.67. The van der Waals surface area contributed by atoms with Gasteiger partial charge in [-0.1, -0.05) is 42.0 Å². The molecule has 34 heavy (non-hydrogen) atoms. The van der Waals surface area contributed by atoms with Gasteiger partial charge in [-0.25, -0.2) is 0 Å². The van der Waals surface area contributed by atoms with Crippen molar-refractivity contribution in [2.75, 3.05) is 4.90 Å². The highest BCUT2D eigenvalue weighted by molar-refractivity contribution is 6.51. The van der Waals surface area contributed by atoms with E-state index in [4.69, 9.17) is 0 Å². The van der Waals surface area contributed by atoms with Gasteiger partial charge in [0, 0.05) is 11.3 Å². The quantitative estimate of drug-likeness (QED) is 0.311. The van der Waals surface area contributed by atoms with Crippen LogP contribution in [-0.2, 0) is 22.4 Å². The zero-order chi connectivity index (χ0) is 24.0. The molecule has 1 aliphatic heterocycles. The van der Waals surface area contributed by atoms with Crippen molar-refractivity contribution >= 4 is 23.1 Å². The molecule has 5 heteroatoms. The average molecular weight is 454 g/mol. The lowest BCUT2D eigenvalue weighted by atomic mass is 9.88. The number of aliphatic hydroxyl groups excluding tert-OH is 1. The van der Waals surface area contributed by atoms with E-state index in [1.54, 1.807) is 12.1 Å². The van der Waals surface area contributed by atoms with Gasteiger partial charge in [-0.15, -0.1) is 0 Å². The molecule has 2 aliphatic rings. The minimum Gasteiger partial charge on any atom is -0.508 e. The number of amides is 1. The van der Waals surface area contributed by atoms with Crippen LogP contribution in [0.4, 0.5) is 5.69 Å². The van der Waals surface area contributed by atoms with Crippen LogP contribution in [0.5, 0.6) is 5.75 Å². The molecule has 1 amide bonds. The average Bonchev–Trinajstić information content (AvgIpc) is 3.09. The number of carbonyl (C=O) groups excluding carboxylic acids is 2. The number of ketones is 1. The molecule has 1 atom stereocenters. The van der Waals surface area contributed by atoms with Gasteiger partial charge in [0.2, 0.25) is 0 Å². The number of nitrogens with zero attached hydrogens (tertiary/aromatic N) is 1. The Hall–Kier alpha value is -3.86. The fourth-order valence-electron chi connectivity index (χ4n) is 5.16. The summed E-state index contributed by atoms with van der Waals surface area (Å²) in [7, 11) is 0. The normalized spacial score (nSPS) is 19.4. The molecule has 0 radical (unpaired) electrons. The number of aromatic hydroxyl groups is 1. The van der Waals surface area contributed by atoms with Gasteiger partial charge in [-0.2, -0.15) is 0 Å². The Morgan fingerprint density at radius 3 is 2.29 bits per heavy atom. The molecule has 1 aliphatic carbocycles. The van der Waals surface area contributed by atoms with Crippen LogP contribution >= 0.6 is 0 Å². The molecular weight excluding hydrogens is 426 g/mol. The van der Waals surface area contributed by atoms with E-state index in [0.29, 0.717) is 16.8 Å². The first kappa shape index (κ1) is 22.0. The van der Waals surface area contributed by atoms with Crippen molar-refractivity contribution in [1.82, 2.24) is 0 Å². The molecule has 5 nitrogen and oxygen atoms in total. The molecular formula is C29H27NO4. The Morgan fingerprint density at radius 1 is 0.882 bits per heavy atom. The van der Waals surface area contributed by atoms with Gasteiger partial charge in [0.1, 0.15) is 11.5 Å². The summed E-state index contributed by atoms with van der Waals surface area (Å²) < 4.78 is 0. The summed E-state index contributed by atoms with van der Waals surface area (Å²) in [4.78, 5) is 28.2. The Morgan fingerprint density at radius 2 is 1.59 bits per heavy atom. The number of aliphatic hydroxyl groups is 1. The maximum Gasteiger partial charge on any atom is 0.300 e. The van der Waals surface area contributed by atoms with E-state index in [2.05, 4.69) is 0 Å². The molecule has 0 saturated carbocycles. The Labute approximate surface area is 199 Å². The third-order valence-electron chi connectivity index (χ3n) is 6.89. The number of carbonyl (C=O) groups is 2. The molecule has 3 aromatic carbocycles. The number of fused-ring (bicyclic) bond motifs is 1. The number of phenolic OH excluding ortho intramolecular Hbond substituents is 1. The van der Waals surface area contributed by atoms with Gasteiger partial charge in [-0.05, 0) is 86.1 Å². The molecule has 1 fully saturated rings. The molecule has 0 bridgehead atoms. The summed E-state index contributed by atoms with van der Waals surface area (Å²) in [6.07, 6.45) is 4.21. The van der Waals surface area contributed by atoms with Crippen LogP contribution in [0.15, 0.2) is 66.2 Å². The molecule has 172 valence electrons. The van der Waals surface area contributed by atoms with E-state index in [1.165, 1.54) is 28.2 Å². The van der Waals surface area contributed by atoms with Gasteiger partial charge >= 0.3 is 0 Å². The van der Waals surface area contributed by atoms with E-state index in [-0.39, 0.29) is 17.1 Å². The second-order valence-corrected chi connectivity index (χ2v) is 9.24. The van der Waals surface area contributed by atoms with Crippen LogP contribution in [0.1, 0.15) is 52.3 Å². The number of phenols is 1. The lowest BCUT2D eigenvalue weighted by Gasteiger charge is -2.27. The smallest absolute Gasteiger partial charge is 0.300 e. The summed E-state index contributed by atoms with van der Waals surface area (Å²) in [5, 5.41) is 21.2. The van der Waals surface area contributed by atoms with Crippen LogP contribution in [0.3, 0.4) is 0 Å². The van der Waals surface area contributed by atoms with Crippen molar-refractivity contribution in [1.29, 1.82) is 0 Å². The monoisotopic (exact) mass is 453 g/mol. The minimum atomic E-state index is -0.807. The zero-order valence-electron chi connectivity index (χ0n) is 19.3. The van der Waals surface area contributed by atoms with Crippen LogP contribution in [0, 0.1) is 13.8 Å². The zero-order valence-corrected chi connectivity index (χ0v) is 19.3. The van der Waals surface area contributed by atoms with Crippen LogP contribution in [0.25, 0.3) is 5.76 Å². The second kappa shape index (κ2) is 8.49. The summed E-state index contributed by atoms with van der Waals surface area (Å²) >= 11 is 0. The second-order valence-electron chi connectivity index (χ2n) is 9.24. The summed E-state index contributed by atoms with van der Waals surface area (Å²) in [5.74, 6) is -1.48. The molecule has 5 rings (SSSR count). The fraction of sp³-hybridized carbons (Fsp3) is 0.241. The van der Waals surface area contributed by atoms with Crippen molar-refractivity contribution in [3.05, 3.63) is 99.6 Å². The van der Waals surface area contributed by atoms with Crippen molar-refractivity contribution in [2.45, 2.75) is 45.6 Å². The number of Topliss-reactive ketones (excluding diaryl/α,β-unsaturated/α-hetero) is 1. The van der Waals surface area contributed by atoms with Crippen molar-refractivity contribution < 1.29 is 19.8 Å². The molecule has 1 unspecified atom stereocenters. The predicted octanol–water partition coefficient (Wildman–Crippen LogP) is 5.51. The van der Waals surface area contributed by atoms with E-state index in [1.807, 2.05) is 50.2 Å². The lowest BCUT2D eigenvalue weighted by Crippen LogP contribution is -2.30. The first-order valence-electron chi connectivity index (χ1n) is 11.6. The Balaban J connectivity index is 1.71. The number of hydrogen-bond acceptors (Lipinski definition) is 4. The number of anilines is 1. The highest BCUT2D eigenvalue weighted by Crippen LogP contribution is 2.43. The van der Waals surface area contributed by atoms with Crippen LogP contribution in [0.2, 0.25) is 0 Å². The number of rotatable bonds is 3. The summed E-state index contributed by atoms with van der Waals surface area (Å²) in [6.45, 7) is 3.87. The molecule has 1 saturated heterocycles. The highest BCUT2D eigenvalue weighted by atomic mass is 16.3. The van der Waals surface area contributed by atoms with E-state index < -0.39 is 17.7 Å². The fourth-order valence-corrected chi connectivity index (χ4v) is 5.16. The first-order chi connectivity index (χ1) is 16.3. The Kier molecular flexibility index (Phi) is 5.48. The maximum absolute atomic E-state index is 13.4. The van der Waals surface area contributed by atoms with E-state index >= 15 is 0 Å². The van der Waals surface area contributed by atoms with Gasteiger partial charge in [-0.3, -0.25) is 14.5 Å². The first-order valence-corrected chi connectivity index (χ1v) is 11.6. The SMILES string of the molecule is Cc1ccc(N2C(=O)C(=O)/C(=C(\O)c3ccc4c(c3)CCCC4)C2c2ccc(O)cc2)c(C)c1. The standard InChI is InChI=1S/C29H27NO4/c1-17-7-14-24(18(2)15-17)30-26(20-10-12-23(31)13-11-20)25(28(33)29(30)34)27(32)22-9-8-19-5-3-4-6-21(19)16-22/h7-16,26,31-32H,3-6H2,1-2H3/b27-25-. The summed E-state index contributed by atoms with van der Waals surface area (Å²) in [5.41, 5.74) is 6.22. The molecule has 2 N–H and O–H groups in total. The molecule has 0 aromatic heterocycles. The third-order valence-corrected chi connectivity index (χ3v) is 6.89. The molecule has 3 aromatic rings. The predicted molar refractivity (Wildman–Crippen MR) is 132 cm³/mol.